The minimum Gasteiger partial charge on any atom is -0.493 e. The van der Waals surface area contributed by atoms with Crippen molar-refractivity contribution < 1.29 is 23.1 Å². The second-order valence-electron chi connectivity index (χ2n) is 6.83. The molecular formula is C23H23N3O5S. The van der Waals surface area contributed by atoms with Crippen LogP contribution in [0.3, 0.4) is 0 Å². The number of rotatable bonds is 10. The molecule has 0 saturated heterocycles. The number of hydrogen-bond acceptors (Lipinski definition) is 6. The van der Waals surface area contributed by atoms with Crippen molar-refractivity contribution in [3.05, 3.63) is 90.0 Å². The number of benzene rings is 3. The van der Waals surface area contributed by atoms with Crippen LogP contribution < -0.4 is 14.9 Å². The number of carbonyl (C=O) groups is 1. The van der Waals surface area contributed by atoms with Gasteiger partial charge in [-0.05, 0) is 35.4 Å². The van der Waals surface area contributed by atoms with E-state index in [2.05, 4.69) is 5.10 Å². The van der Waals surface area contributed by atoms with Crippen LogP contribution in [0, 0.1) is 0 Å². The maximum absolute atomic E-state index is 13.1. The number of carboxylic acid groups (broad SMARTS) is 1. The summed E-state index contributed by atoms with van der Waals surface area (Å²) in [5.74, 6) is 4.31. The molecule has 9 heteroatoms. The number of hydrazone groups is 1. The van der Waals surface area contributed by atoms with Gasteiger partial charge >= 0.3 is 5.97 Å². The van der Waals surface area contributed by atoms with E-state index in [1.807, 2.05) is 24.3 Å². The fourth-order valence-corrected chi connectivity index (χ4v) is 4.46. The van der Waals surface area contributed by atoms with Crippen molar-refractivity contribution in [1.82, 2.24) is 0 Å². The quantitative estimate of drug-likeness (QED) is 0.276. The van der Waals surface area contributed by atoms with Gasteiger partial charge in [-0.25, -0.2) is 8.42 Å². The highest BCUT2D eigenvalue weighted by Gasteiger charge is 2.27. The second kappa shape index (κ2) is 10.5. The molecule has 3 aromatic rings. The zero-order chi connectivity index (χ0) is 23.0. The third kappa shape index (κ3) is 5.86. The van der Waals surface area contributed by atoms with E-state index in [0.717, 1.165) is 15.4 Å². The molecule has 166 valence electrons. The minimum atomic E-state index is -4.06. The summed E-state index contributed by atoms with van der Waals surface area (Å²) in [6.07, 6.45) is 2.18. The lowest BCUT2D eigenvalue weighted by Gasteiger charge is -2.23. The third-order valence-electron chi connectivity index (χ3n) is 4.58. The van der Waals surface area contributed by atoms with Crippen molar-refractivity contribution in [2.24, 2.45) is 10.9 Å². The van der Waals surface area contributed by atoms with E-state index >= 15 is 0 Å². The van der Waals surface area contributed by atoms with Gasteiger partial charge in [0.25, 0.3) is 10.0 Å². The van der Waals surface area contributed by atoms with Gasteiger partial charge in [-0.15, -0.1) is 0 Å². The number of hydrogen-bond donors (Lipinski definition) is 2. The molecule has 0 heterocycles. The molecule has 3 rings (SSSR count). The molecular weight excluding hydrogens is 430 g/mol. The van der Waals surface area contributed by atoms with Gasteiger partial charge in [0.15, 0.2) is 0 Å². The molecule has 32 heavy (non-hydrogen) atoms. The van der Waals surface area contributed by atoms with Crippen LogP contribution in [0.4, 0.5) is 5.69 Å². The lowest BCUT2D eigenvalue weighted by molar-refractivity contribution is -0.135. The molecule has 0 aromatic heterocycles. The fraction of sp³-hybridized carbons (Fsp3) is 0.130. The van der Waals surface area contributed by atoms with E-state index in [4.69, 9.17) is 10.6 Å². The van der Waals surface area contributed by atoms with E-state index in [0.29, 0.717) is 18.8 Å². The monoisotopic (exact) mass is 453 g/mol. The molecule has 0 aliphatic heterocycles. The number of sulfonamides is 1. The minimum absolute atomic E-state index is 0.00991. The SMILES string of the molecule is NN=Cc1ccc(CCOc2cccc(N(CC(=O)O)S(=O)(=O)c3ccccc3)c2)cc1. The van der Waals surface area contributed by atoms with Crippen molar-refractivity contribution in [3.63, 3.8) is 0 Å². The predicted molar refractivity (Wildman–Crippen MR) is 122 cm³/mol. The van der Waals surface area contributed by atoms with Gasteiger partial charge in [-0.3, -0.25) is 9.10 Å². The largest absolute Gasteiger partial charge is 0.493 e. The van der Waals surface area contributed by atoms with Crippen molar-refractivity contribution >= 4 is 27.9 Å². The van der Waals surface area contributed by atoms with Gasteiger partial charge < -0.3 is 15.7 Å². The van der Waals surface area contributed by atoms with E-state index < -0.39 is 22.5 Å². The van der Waals surface area contributed by atoms with Crippen LogP contribution in [0.15, 0.2) is 88.9 Å². The number of nitrogens with two attached hydrogens (primary N) is 1. The average Bonchev–Trinajstić information content (AvgIpc) is 2.79. The summed E-state index contributed by atoms with van der Waals surface area (Å²) >= 11 is 0. The molecule has 8 nitrogen and oxygen atoms in total. The Labute approximate surface area is 186 Å². The first-order valence-corrected chi connectivity index (χ1v) is 11.2. The standard InChI is InChI=1S/C23H23N3O5S/c24-25-16-19-11-9-18(10-12-19)13-14-31-21-6-4-5-20(15-21)26(17-23(27)28)32(29,30)22-7-2-1-3-8-22/h1-12,15-16H,13-14,17,24H2,(H,27,28). The summed E-state index contributed by atoms with van der Waals surface area (Å²) in [4.78, 5) is 11.4. The van der Waals surface area contributed by atoms with Gasteiger partial charge in [0.2, 0.25) is 0 Å². The molecule has 3 aromatic carbocycles. The topological polar surface area (TPSA) is 122 Å². The smallest absolute Gasteiger partial charge is 0.324 e. The Morgan fingerprint density at radius 3 is 2.41 bits per heavy atom. The summed E-state index contributed by atoms with van der Waals surface area (Å²) < 4.78 is 32.8. The van der Waals surface area contributed by atoms with Crippen LogP contribution in [-0.4, -0.2) is 38.9 Å². The summed E-state index contributed by atoms with van der Waals surface area (Å²) in [7, 11) is -4.06. The first-order valence-electron chi connectivity index (χ1n) is 9.75. The average molecular weight is 454 g/mol. The summed E-state index contributed by atoms with van der Waals surface area (Å²) in [6, 6.07) is 21.8. The summed E-state index contributed by atoms with van der Waals surface area (Å²) in [5.41, 5.74) is 2.15. The van der Waals surface area contributed by atoms with Gasteiger partial charge in [-0.1, -0.05) is 48.5 Å². The Bertz CT molecular complexity index is 1180. The molecule has 0 spiro atoms. The van der Waals surface area contributed by atoms with E-state index in [9.17, 15) is 18.3 Å². The third-order valence-corrected chi connectivity index (χ3v) is 6.37. The maximum atomic E-state index is 13.1. The molecule has 0 aliphatic rings. The van der Waals surface area contributed by atoms with Crippen molar-refractivity contribution in [1.29, 1.82) is 0 Å². The molecule has 0 unspecified atom stereocenters. The molecule has 0 saturated carbocycles. The number of nitrogens with zero attached hydrogens (tertiary/aromatic N) is 2. The van der Waals surface area contributed by atoms with Crippen LogP contribution in [0.25, 0.3) is 0 Å². The molecule has 0 fully saturated rings. The van der Waals surface area contributed by atoms with Crippen molar-refractivity contribution in [2.75, 3.05) is 17.5 Å². The zero-order valence-corrected chi connectivity index (χ0v) is 18.0. The van der Waals surface area contributed by atoms with Gasteiger partial charge in [0.1, 0.15) is 12.3 Å². The number of carboxylic acids is 1. The molecule has 3 N–H and O–H groups in total. The predicted octanol–water partition coefficient (Wildman–Crippen LogP) is 2.88. The fourth-order valence-electron chi connectivity index (χ4n) is 3.03. The van der Waals surface area contributed by atoms with Crippen molar-refractivity contribution in [2.45, 2.75) is 11.3 Å². The van der Waals surface area contributed by atoms with Crippen LogP contribution in [0.5, 0.6) is 5.75 Å². The zero-order valence-electron chi connectivity index (χ0n) is 17.2. The number of aliphatic carboxylic acids is 1. The molecule has 0 bridgehead atoms. The Kier molecular flexibility index (Phi) is 7.45. The number of anilines is 1. The lowest BCUT2D eigenvalue weighted by Crippen LogP contribution is -2.35. The molecule has 0 radical (unpaired) electrons. The summed E-state index contributed by atoms with van der Waals surface area (Å²) in [5, 5.41) is 12.8. The first kappa shape index (κ1) is 22.8. The van der Waals surface area contributed by atoms with Crippen LogP contribution in [-0.2, 0) is 21.2 Å². The molecule has 0 amide bonds. The van der Waals surface area contributed by atoms with Crippen LogP contribution in [0.2, 0.25) is 0 Å². The Balaban J connectivity index is 1.75. The van der Waals surface area contributed by atoms with E-state index in [1.165, 1.54) is 24.3 Å². The highest BCUT2D eigenvalue weighted by molar-refractivity contribution is 7.92. The van der Waals surface area contributed by atoms with E-state index in [1.54, 1.807) is 36.5 Å². The van der Waals surface area contributed by atoms with Gasteiger partial charge in [0.05, 0.1) is 23.4 Å². The van der Waals surface area contributed by atoms with Gasteiger partial charge in [-0.2, -0.15) is 5.10 Å². The highest BCUT2D eigenvalue weighted by Crippen LogP contribution is 2.27. The molecule has 0 aliphatic carbocycles. The Morgan fingerprint density at radius 2 is 1.75 bits per heavy atom. The Morgan fingerprint density at radius 1 is 1.03 bits per heavy atom. The first-order chi connectivity index (χ1) is 15.4. The molecule has 0 atom stereocenters. The summed E-state index contributed by atoms with van der Waals surface area (Å²) in [6.45, 7) is -0.350. The van der Waals surface area contributed by atoms with Gasteiger partial charge in [0, 0.05) is 12.5 Å². The van der Waals surface area contributed by atoms with Crippen LogP contribution in [0.1, 0.15) is 11.1 Å². The van der Waals surface area contributed by atoms with Crippen LogP contribution >= 0.6 is 0 Å². The Hall–Kier alpha value is -3.85. The highest BCUT2D eigenvalue weighted by atomic mass is 32.2. The number of ether oxygens (including phenoxy) is 1. The second-order valence-corrected chi connectivity index (χ2v) is 8.70. The van der Waals surface area contributed by atoms with Crippen molar-refractivity contribution in [3.8, 4) is 5.75 Å². The van der Waals surface area contributed by atoms with E-state index in [-0.39, 0.29) is 10.6 Å². The lowest BCUT2D eigenvalue weighted by atomic mass is 10.1. The normalized spacial score (nSPS) is 11.4. The maximum Gasteiger partial charge on any atom is 0.324 e.